The highest BCUT2D eigenvalue weighted by molar-refractivity contribution is 5.46. The van der Waals surface area contributed by atoms with Gasteiger partial charge in [-0.2, -0.15) is 0 Å². The number of hydrogen-bond donors (Lipinski definition) is 1. The lowest BCUT2D eigenvalue weighted by atomic mass is 10.1. The zero-order valence-corrected chi connectivity index (χ0v) is 14.4. The minimum atomic E-state index is -0.595. The third kappa shape index (κ3) is 6.11. The highest BCUT2D eigenvalue weighted by Crippen LogP contribution is 2.31. The molecular formula is C18H27NO4. The normalized spacial score (nSPS) is 12.3. The minimum absolute atomic E-state index is 0.211. The van der Waals surface area contributed by atoms with E-state index in [9.17, 15) is 5.11 Å². The van der Waals surface area contributed by atoms with E-state index in [4.69, 9.17) is 20.6 Å². The van der Waals surface area contributed by atoms with Gasteiger partial charge in [-0.15, -0.1) is 6.42 Å². The summed E-state index contributed by atoms with van der Waals surface area (Å²) in [6.45, 7) is 5.74. The number of terminal acetylenes is 1. The standard InChI is InChI=1S/C18H27NO4/c1-6-10-23-13-16(20)12-19(14(2)3)11-15-8-7-9-17(21-4)18(15)22-5/h1,7-9,14,16,20H,10-13H2,2-5H3. The maximum absolute atomic E-state index is 10.1. The Morgan fingerprint density at radius 3 is 2.57 bits per heavy atom. The van der Waals surface area contributed by atoms with E-state index in [0.717, 1.165) is 11.3 Å². The van der Waals surface area contributed by atoms with Crippen LogP contribution in [0.2, 0.25) is 0 Å². The van der Waals surface area contributed by atoms with Gasteiger partial charge < -0.3 is 19.3 Å². The largest absolute Gasteiger partial charge is 0.493 e. The molecule has 128 valence electrons. The van der Waals surface area contributed by atoms with E-state index in [1.807, 2.05) is 18.2 Å². The molecule has 23 heavy (non-hydrogen) atoms. The van der Waals surface area contributed by atoms with Gasteiger partial charge in [0, 0.05) is 24.7 Å². The predicted molar refractivity (Wildman–Crippen MR) is 90.8 cm³/mol. The van der Waals surface area contributed by atoms with Gasteiger partial charge in [-0.05, 0) is 19.9 Å². The molecule has 5 nitrogen and oxygen atoms in total. The minimum Gasteiger partial charge on any atom is -0.493 e. The van der Waals surface area contributed by atoms with Gasteiger partial charge in [0.15, 0.2) is 11.5 Å². The van der Waals surface area contributed by atoms with Crippen molar-refractivity contribution in [1.82, 2.24) is 4.90 Å². The van der Waals surface area contributed by atoms with Crippen molar-refractivity contribution in [2.75, 3.05) is 34.0 Å². The van der Waals surface area contributed by atoms with Crippen molar-refractivity contribution in [2.45, 2.75) is 32.5 Å². The Labute approximate surface area is 139 Å². The van der Waals surface area contributed by atoms with Crippen LogP contribution in [0.25, 0.3) is 0 Å². The lowest BCUT2D eigenvalue weighted by molar-refractivity contribution is 0.0190. The second kappa shape index (κ2) is 10.1. The van der Waals surface area contributed by atoms with Gasteiger partial charge in [0.1, 0.15) is 6.61 Å². The lowest BCUT2D eigenvalue weighted by Crippen LogP contribution is -2.39. The van der Waals surface area contributed by atoms with Crippen LogP contribution in [0.3, 0.4) is 0 Å². The summed E-state index contributed by atoms with van der Waals surface area (Å²) < 4.78 is 16.0. The van der Waals surface area contributed by atoms with E-state index in [2.05, 4.69) is 24.7 Å². The molecule has 0 aliphatic heterocycles. The molecule has 1 N–H and O–H groups in total. The summed E-state index contributed by atoms with van der Waals surface area (Å²) in [7, 11) is 3.25. The van der Waals surface area contributed by atoms with Crippen LogP contribution in [0.4, 0.5) is 0 Å². The van der Waals surface area contributed by atoms with Gasteiger partial charge in [0.25, 0.3) is 0 Å². The first kappa shape index (κ1) is 19.3. The number of nitrogens with zero attached hydrogens (tertiary/aromatic N) is 1. The topological polar surface area (TPSA) is 51.2 Å². The first-order valence-electron chi connectivity index (χ1n) is 7.66. The molecule has 0 amide bonds. The van der Waals surface area contributed by atoms with Crippen LogP contribution in [0.5, 0.6) is 11.5 Å². The zero-order chi connectivity index (χ0) is 17.2. The number of rotatable bonds is 10. The van der Waals surface area contributed by atoms with E-state index in [1.54, 1.807) is 14.2 Å². The Bertz CT molecular complexity index is 510. The van der Waals surface area contributed by atoms with Crippen LogP contribution < -0.4 is 9.47 Å². The number of aliphatic hydroxyl groups excluding tert-OH is 1. The summed E-state index contributed by atoms with van der Waals surface area (Å²) in [6, 6.07) is 6.05. The fourth-order valence-corrected chi connectivity index (χ4v) is 2.33. The third-order valence-corrected chi connectivity index (χ3v) is 3.53. The highest BCUT2D eigenvalue weighted by Gasteiger charge is 2.18. The quantitative estimate of drug-likeness (QED) is 0.527. The van der Waals surface area contributed by atoms with Gasteiger partial charge in [-0.1, -0.05) is 18.1 Å². The molecule has 1 rings (SSSR count). The van der Waals surface area contributed by atoms with Crippen LogP contribution in [-0.2, 0) is 11.3 Å². The molecule has 0 aromatic heterocycles. The molecule has 0 saturated heterocycles. The van der Waals surface area contributed by atoms with Crippen molar-refractivity contribution >= 4 is 0 Å². The molecule has 5 heteroatoms. The molecule has 0 fully saturated rings. The van der Waals surface area contributed by atoms with E-state index in [0.29, 0.717) is 18.8 Å². The first-order valence-corrected chi connectivity index (χ1v) is 7.66. The number of aliphatic hydroxyl groups is 1. The molecule has 0 saturated carbocycles. The van der Waals surface area contributed by atoms with Gasteiger partial charge >= 0.3 is 0 Å². The van der Waals surface area contributed by atoms with Crippen LogP contribution in [0.1, 0.15) is 19.4 Å². The number of hydrogen-bond acceptors (Lipinski definition) is 5. The van der Waals surface area contributed by atoms with E-state index < -0.39 is 6.10 Å². The van der Waals surface area contributed by atoms with Crippen LogP contribution in [0.15, 0.2) is 18.2 Å². The smallest absolute Gasteiger partial charge is 0.165 e. The van der Waals surface area contributed by atoms with E-state index >= 15 is 0 Å². The second-order valence-corrected chi connectivity index (χ2v) is 5.55. The number of ether oxygens (including phenoxy) is 3. The van der Waals surface area contributed by atoms with Crippen molar-refractivity contribution < 1.29 is 19.3 Å². The average Bonchev–Trinajstić information content (AvgIpc) is 2.54. The highest BCUT2D eigenvalue weighted by atomic mass is 16.5. The lowest BCUT2D eigenvalue weighted by Gasteiger charge is -2.29. The van der Waals surface area contributed by atoms with Crippen molar-refractivity contribution in [3.63, 3.8) is 0 Å². The number of para-hydroxylation sites is 1. The van der Waals surface area contributed by atoms with Crippen LogP contribution in [-0.4, -0.2) is 56.1 Å². The molecule has 0 heterocycles. The fourth-order valence-electron chi connectivity index (χ4n) is 2.33. The van der Waals surface area contributed by atoms with Crippen molar-refractivity contribution in [3.8, 4) is 23.8 Å². The van der Waals surface area contributed by atoms with Crippen LogP contribution in [0, 0.1) is 12.3 Å². The van der Waals surface area contributed by atoms with Gasteiger partial charge in [0.05, 0.1) is 26.9 Å². The molecule has 0 spiro atoms. The van der Waals surface area contributed by atoms with Crippen LogP contribution >= 0.6 is 0 Å². The Morgan fingerprint density at radius 1 is 1.26 bits per heavy atom. The summed E-state index contributed by atoms with van der Waals surface area (Å²) in [4.78, 5) is 2.15. The molecule has 0 radical (unpaired) electrons. The monoisotopic (exact) mass is 321 g/mol. The molecule has 1 atom stereocenters. The summed E-state index contributed by atoms with van der Waals surface area (Å²) in [6.07, 6.45) is 4.54. The molecule has 1 unspecified atom stereocenters. The Kier molecular flexibility index (Phi) is 8.49. The van der Waals surface area contributed by atoms with Crippen molar-refractivity contribution in [1.29, 1.82) is 0 Å². The second-order valence-electron chi connectivity index (χ2n) is 5.55. The Morgan fingerprint density at radius 2 is 2.00 bits per heavy atom. The fraction of sp³-hybridized carbons (Fsp3) is 0.556. The number of methoxy groups -OCH3 is 2. The van der Waals surface area contributed by atoms with Crippen molar-refractivity contribution in [3.05, 3.63) is 23.8 Å². The van der Waals surface area contributed by atoms with Crippen molar-refractivity contribution in [2.24, 2.45) is 0 Å². The SMILES string of the molecule is C#CCOCC(O)CN(Cc1cccc(OC)c1OC)C(C)C. The van der Waals surface area contributed by atoms with Gasteiger partial charge in [-0.25, -0.2) is 0 Å². The molecule has 0 aliphatic carbocycles. The Balaban J connectivity index is 2.79. The maximum atomic E-state index is 10.1. The third-order valence-electron chi connectivity index (χ3n) is 3.53. The zero-order valence-electron chi connectivity index (χ0n) is 14.4. The maximum Gasteiger partial charge on any atom is 0.165 e. The molecular weight excluding hydrogens is 294 g/mol. The van der Waals surface area contributed by atoms with Gasteiger partial charge in [-0.3, -0.25) is 4.90 Å². The molecule has 0 aliphatic rings. The number of benzene rings is 1. The van der Waals surface area contributed by atoms with E-state index in [1.165, 1.54) is 0 Å². The Hall–Kier alpha value is -1.74. The van der Waals surface area contributed by atoms with E-state index in [-0.39, 0.29) is 19.3 Å². The molecule has 0 bridgehead atoms. The summed E-state index contributed by atoms with van der Waals surface area (Å²) >= 11 is 0. The molecule has 1 aromatic carbocycles. The average molecular weight is 321 g/mol. The first-order chi connectivity index (χ1) is 11.0. The van der Waals surface area contributed by atoms with Gasteiger partial charge in [0.2, 0.25) is 0 Å². The summed E-state index contributed by atoms with van der Waals surface area (Å²) in [5.41, 5.74) is 1.01. The summed E-state index contributed by atoms with van der Waals surface area (Å²) in [5.74, 6) is 3.81. The predicted octanol–water partition coefficient (Wildman–Crippen LogP) is 1.92. The summed E-state index contributed by atoms with van der Waals surface area (Å²) in [5, 5.41) is 10.1. The molecule has 1 aromatic rings.